The number of carbonyl (C=O) groups is 3. The molecule has 7 heteroatoms. The lowest BCUT2D eigenvalue weighted by atomic mass is 9.87. The van der Waals surface area contributed by atoms with E-state index in [9.17, 15) is 14.4 Å². The van der Waals surface area contributed by atoms with Crippen molar-refractivity contribution < 1.29 is 14.4 Å². The summed E-state index contributed by atoms with van der Waals surface area (Å²) >= 11 is 0. The molecule has 1 rings (SSSR count). The van der Waals surface area contributed by atoms with E-state index in [-0.39, 0.29) is 35.7 Å². The normalized spacial score (nSPS) is 25.8. The van der Waals surface area contributed by atoms with Crippen LogP contribution in [0.4, 0.5) is 0 Å². The molecule has 25 heavy (non-hydrogen) atoms. The van der Waals surface area contributed by atoms with Crippen LogP contribution < -0.4 is 22.3 Å². The maximum Gasteiger partial charge on any atom is 0.151 e. The molecular formula is C18H34N4O3. The molecule has 3 atom stereocenters. The molecule has 7 nitrogen and oxygen atoms in total. The zero-order valence-electron chi connectivity index (χ0n) is 15.4. The van der Waals surface area contributed by atoms with Crippen LogP contribution >= 0.6 is 0 Å². The molecule has 1 aliphatic rings. The summed E-state index contributed by atoms with van der Waals surface area (Å²) in [6.07, 6.45) is 5.68. The number of ketones is 3. The van der Waals surface area contributed by atoms with Crippen LogP contribution in [0.1, 0.15) is 64.7 Å². The van der Waals surface area contributed by atoms with Crippen LogP contribution in [0.15, 0.2) is 0 Å². The van der Waals surface area contributed by atoms with Gasteiger partial charge in [-0.05, 0) is 52.1 Å². The first-order chi connectivity index (χ1) is 12.0. The second-order valence-corrected chi connectivity index (χ2v) is 6.95. The average Bonchev–Trinajstić information content (AvgIpc) is 2.58. The van der Waals surface area contributed by atoms with Gasteiger partial charge < -0.3 is 11.5 Å². The van der Waals surface area contributed by atoms with Gasteiger partial charge in [0.25, 0.3) is 0 Å². The van der Waals surface area contributed by atoms with Crippen LogP contribution in [-0.2, 0) is 14.4 Å². The largest absolute Gasteiger partial charge is 0.330 e. The van der Waals surface area contributed by atoms with Gasteiger partial charge in [-0.3, -0.25) is 14.4 Å². The van der Waals surface area contributed by atoms with E-state index in [2.05, 4.69) is 10.9 Å². The fourth-order valence-electron chi connectivity index (χ4n) is 3.14. The van der Waals surface area contributed by atoms with Crippen molar-refractivity contribution in [2.24, 2.45) is 17.4 Å². The summed E-state index contributed by atoms with van der Waals surface area (Å²) in [5.74, 6) is -0.265. The molecule has 0 radical (unpaired) electrons. The van der Waals surface area contributed by atoms with Crippen LogP contribution in [0.2, 0.25) is 0 Å². The maximum atomic E-state index is 12.6. The average molecular weight is 354 g/mol. The summed E-state index contributed by atoms with van der Waals surface area (Å²) in [7, 11) is 0. The number of hydrogen-bond acceptors (Lipinski definition) is 7. The van der Waals surface area contributed by atoms with E-state index in [1.54, 1.807) is 0 Å². The number of carbonyl (C=O) groups excluding carboxylic acids is 3. The minimum absolute atomic E-state index is 0.0185. The summed E-state index contributed by atoms with van der Waals surface area (Å²) < 4.78 is 0. The lowest BCUT2D eigenvalue weighted by Gasteiger charge is -2.27. The van der Waals surface area contributed by atoms with Crippen molar-refractivity contribution in [1.82, 2.24) is 10.9 Å². The molecular weight excluding hydrogens is 320 g/mol. The third-order valence-electron chi connectivity index (χ3n) is 4.86. The molecule has 0 aliphatic carbocycles. The van der Waals surface area contributed by atoms with Gasteiger partial charge in [-0.15, -0.1) is 0 Å². The van der Waals surface area contributed by atoms with E-state index < -0.39 is 6.04 Å². The lowest BCUT2D eigenvalue weighted by molar-refractivity contribution is -0.130. The first kappa shape index (κ1) is 21.9. The fourth-order valence-corrected chi connectivity index (χ4v) is 3.14. The van der Waals surface area contributed by atoms with Crippen molar-refractivity contribution in [3.63, 3.8) is 0 Å². The van der Waals surface area contributed by atoms with Crippen molar-refractivity contribution in [2.75, 3.05) is 13.1 Å². The Hall–Kier alpha value is -1.15. The molecule has 6 N–H and O–H groups in total. The van der Waals surface area contributed by atoms with E-state index in [0.29, 0.717) is 38.8 Å². The first-order valence-electron chi connectivity index (χ1n) is 9.46. The van der Waals surface area contributed by atoms with Crippen molar-refractivity contribution in [3.05, 3.63) is 0 Å². The molecule has 1 heterocycles. The van der Waals surface area contributed by atoms with Gasteiger partial charge in [-0.2, -0.15) is 0 Å². The Morgan fingerprint density at radius 1 is 0.960 bits per heavy atom. The van der Waals surface area contributed by atoms with Crippen LogP contribution in [0.25, 0.3) is 0 Å². The lowest BCUT2D eigenvalue weighted by Crippen LogP contribution is -2.53. The summed E-state index contributed by atoms with van der Waals surface area (Å²) in [6, 6.07) is -0.738. The van der Waals surface area contributed by atoms with Crippen molar-refractivity contribution in [1.29, 1.82) is 0 Å². The molecule has 0 amide bonds. The van der Waals surface area contributed by atoms with Crippen LogP contribution in [0.5, 0.6) is 0 Å². The van der Waals surface area contributed by atoms with Gasteiger partial charge >= 0.3 is 0 Å². The van der Waals surface area contributed by atoms with Crippen LogP contribution in [0, 0.1) is 5.92 Å². The van der Waals surface area contributed by atoms with Gasteiger partial charge in [0.05, 0.1) is 12.1 Å². The Labute approximate surface area is 150 Å². The highest BCUT2D eigenvalue weighted by molar-refractivity contribution is 5.91. The standard InChI is InChI=1S/C18H34N4O3/c1-13(23)14-8-9-17(24)15(6-2-4-10-19)21-22-16(18(25)12-14)7-3-5-11-20/h14-16,21-22H,2-12,19-20H2,1H3/t14?,15-,16-/m0/s1. The van der Waals surface area contributed by atoms with Crippen molar-refractivity contribution in [2.45, 2.75) is 76.8 Å². The third-order valence-corrected chi connectivity index (χ3v) is 4.86. The molecule has 1 aliphatic heterocycles. The number of rotatable bonds is 9. The predicted molar refractivity (Wildman–Crippen MR) is 97.7 cm³/mol. The molecule has 1 fully saturated rings. The van der Waals surface area contributed by atoms with Gasteiger partial charge in [0.1, 0.15) is 5.78 Å². The van der Waals surface area contributed by atoms with Gasteiger partial charge in [-0.25, -0.2) is 10.9 Å². The van der Waals surface area contributed by atoms with Gasteiger partial charge in [0, 0.05) is 18.8 Å². The van der Waals surface area contributed by atoms with Crippen LogP contribution in [0.3, 0.4) is 0 Å². The minimum Gasteiger partial charge on any atom is -0.330 e. The van der Waals surface area contributed by atoms with Crippen LogP contribution in [-0.4, -0.2) is 42.5 Å². The molecule has 0 aromatic heterocycles. The summed E-state index contributed by atoms with van der Waals surface area (Å²) in [6.45, 7) is 2.69. The minimum atomic E-state index is -0.392. The molecule has 0 aromatic rings. The second kappa shape index (κ2) is 12.2. The Morgan fingerprint density at radius 3 is 1.96 bits per heavy atom. The highest BCUT2D eigenvalue weighted by atomic mass is 16.1. The zero-order chi connectivity index (χ0) is 18.7. The number of hydrazine groups is 1. The van der Waals surface area contributed by atoms with Gasteiger partial charge in [0.2, 0.25) is 0 Å². The number of nitrogens with two attached hydrogens (primary N) is 2. The quantitative estimate of drug-likeness (QED) is 0.447. The number of nitrogens with one attached hydrogen (secondary N) is 2. The molecule has 1 saturated heterocycles. The second-order valence-electron chi connectivity index (χ2n) is 6.95. The van der Waals surface area contributed by atoms with E-state index in [1.807, 2.05) is 0 Å². The smallest absolute Gasteiger partial charge is 0.151 e. The first-order valence-corrected chi connectivity index (χ1v) is 9.46. The summed E-state index contributed by atoms with van der Waals surface area (Å²) in [4.78, 5) is 36.9. The molecule has 0 spiro atoms. The van der Waals surface area contributed by atoms with Gasteiger partial charge in [-0.1, -0.05) is 12.8 Å². The zero-order valence-corrected chi connectivity index (χ0v) is 15.4. The monoisotopic (exact) mass is 354 g/mol. The SMILES string of the molecule is CC(=O)C1CCC(=O)[C@H](CCCCN)NN[C@@H](CCCCN)C(=O)C1. The number of Topliss-reactive ketones (excluding diaryl/α,β-unsaturated/α-hetero) is 3. The molecule has 1 unspecified atom stereocenters. The summed E-state index contributed by atoms with van der Waals surface area (Å²) in [5, 5.41) is 0. The van der Waals surface area contributed by atoms with Gasteiger partial charge in [0.15, 0.2) is 11.6 Å². The molecule has 0 saturated carbocycles. The summed E-state index contributed by atoms with van der Waals surface area (Å²) in [5.41, 5.74) is 17.2. The van der Waals surface area contributed by atoms with E-state index in [0.717, 1.165) is 25.7 Å². The third kappa shape index (κ3) is 8.18. The highest BCUT2D eigenvalue weighted by Gasteiger charge is 2.29. The fraction of sp³-hybridized carbons (Fsp3) is 0.833. The predicted octanol–water partition coefficient (Wildman–Crippen LogP) is 0.603. The number of hydrogen-bond donors (Lipinski definition) is 4. The van der Waals surface area contributed by atoms with Crippen molar-refractivity contribution >= 4 is 17.3 Å². The Morgan fingerprint density at radius 2 is 1.48 bits per heavy atom. The van der Waals surface area contributed by atoms with E-state index in [4.69, 9.17) is 11.5 Å². The van der Waals surface area contributed by atoms with E-state index in [1.165, 1.54) is 6.92 Å². The molecule has 0 aromatic carbocycles. The topological polar surface area (TPSA) is 127 Å². The Balaban J connectivity index is 2.80. The molecule has 0 bridgehead atoms. The highest BCUT2D eigenvalue weighted by Crippen LogP contribution is 2.19. The van der Waals surface area contributed by atoms with Crippen molar-refractivity contribution in [3.8, 4) is 0 Å². The Bertz CT molecular complexity index is 442. The Kier molecular flexibility index (Phi) is 10.7. The molecule has 144 valence electrons. The number of unbranched alkanes of at least 4 members (excludes halogenated alkanes) is 2. The van der Waals surface area contributed by atoms with E-state index >= 15 is 0 Å². The maximum absolute atomic E-state index is 12.6.